The van der Waals surface area contributed by atoms with Gasteiger partial charge >= 0.3 is 0 Å². The predicted octanol–water partition coefficient (Wildman–Crippen LogP) is 4.50. The lowest BCUT2D eigenvalue weighted by molar-refractivity contribution is 0.103. The van der Waals surface area contributed by atoms with Crippen LogP contribution in [0.1, 0.15) is 15.9 Å². The Morgan fingerprint density at radius 1 is 0.944 bits per heavy atom. The lowest BCUT2D eigenvalue weighted by atomic mass is 10.0. The Bertz CT molecular complexity index is 626. The Kier molecular flexibility index (Phi) is 3.64. The number of carbonyl (C=O) groups excluding carboxylic acids is 1. The van der Waals surface area contributed by atoms with Gasteiger partial charge in [0.15, 0.2) is 5.78 Å². The zero-order valence-electron chi connectivity index (χ0n) is 8.88. The van der Waals surface area contributed by atoms with Crippen molar-refractivity contribution in [3.63, 3.8) is 0 Å². The zero-order valence-corrected chi connectivity index (χ0v) is 10.4. The van der Waals surface area contributed by atoms with Crippen LogP contribution in [0.15, 0.2) is 36.4 Å². The number of ketones is 1. The summed E-state index contributed by atoms with van der Waals surface area (Å²) in [4.78, 5) is 12.0. The Balaban J connectivity index is 2.51. The minimum Gasteiger partial charge on any atom is -0.288 e. The van der Waals surface area contributed by atoms with Crippen LogP contribution in [0.2, 0.25) is 10.0 Å². The molecule has 0 aliphatic heterocycles. The summed E-state index contributed by atoms with van der Waals surface area (Å²) in [6, 6.07) is 7.43. The summed E-state index contributed by atoms with van der Waals surface area (Å²) in [5, 5.41) is -0.147. The van der Waals surface area contributed by atoms with Gasteiger partial charge in [0.1, 0.15) is 11.6 Å². The summed E-state index contributed by atoms with van der Waals surface area (Å²) in [6.07, 6.45) is 0. The third-order valence-electron chi connectivity index (χ3n) is 2.37. The molecule has 5 heteroatoms. The molecule has 0 aliphatic carbocycles. The molecule has 0 heterocycles. The van der Waals surface area contributed by atoms with Crippen molar-refractivity contribution in [2.24, 2.45) is 0 Å². The summed E-state index contributed by atoms with van der Waals surface area (Å²) in [6.45, 7) is 0. The van der Waals surface area contributed by atoms with Crippen LogP contribution < -0.4 is 0 Å². The van der Waals surface area contributed by atoms with Gasteiger partial charge in [-0.05, 0) is 30.3 Å². The van der Waals surface area contributed by atoms with E-state index < -0.39 is 17.4 Å². The average molecular weight is 287 g/mol. The number of rotatable bonds is 2. The quantitative estimate of drug-likeness (QED) is 0.743. The van der Waals surface area contributed by atoms with E-state index in [1.807, 2.05) is 0 Å². The largest absolute Gasteiger partial charge is 0.288 e. The minimum absolute atomic E-state index is 0.0853. The molecule has 0 unspecified atom stereocenters. The SMILES string of the molecule is O=C(c1ccc(Cl)cc1F)c1cccc(F)c1Cl. The fourth-order valence-electron chi connectivity index (χ4n) is 1.50. The number of carbonyl (C=O) groups is 1. The Morgan fingerprint density at radius 3 is 2.33 bits per heavy atom. The molecule has 0 saturated carbocycles. The molecule has 0 N–H and O–H groups in total. The minimum atomic E-state index is -0.771. The molecule has 0 bridgehead atoms. The normalized spacial score (nSPS) is 10.4. The highest BCUT2D eigenvalue weighted by Gasteiger charge is 2.18. The molecule has 92 valence electrons. The molecule has 0 radical (unpaired) electrons. The van der Waals surface area contributed by atoms with Crippen LogP contribution in [0, 0.1) is 11.6 Å². The second-order valence-electron chi connectivity index (χ2n) is 3.55. The lowest BCUT2D eigenvalue weighted by Crippen LogP contribution is -2.05. The molecule has 0 aliphatic rings. The summed E-state index contributed by atoms with van der Waals surface area (Å²) < 4.78 is 26.8. The van der Waals surface area contributed by atoms with Gasteiger partial charge in [-0.25, -0.2) is 8.78 Å². The zero-order chi connectivity index (χ0) is 13.3. The van der Waals surface area contributed by atoms with Crippen LogP contribution >= 0.6 is 23.2 Å². The van der Waals surface area contributed by atoms with Crippen molar-refractivity contribution in [2.45, 2.75) is 0 Å². The van der Waals surface area contributed by atoms with E-state index >= 15 is 0 Å². The van der Waals surface area contributed by atoms with Gasteiger partial charge in [-0.15, -0.1) is 0 Å². The van der Waals surface area contributed by atoms with Crippen molar-refractivity contribution in [1.82, 2.24) is 0 Å². The molecule has 2 rings (SSSR count). The standard InChI is InChI=1S/C13H6Cl2F2O/c14-7-4-5-8(11(17)6-7)13(18)9-2-1-3-10(16)12(9)15/h1-6H. The molecule has 1 nitrogen and oxygen atoms in total. The topological polar surface area (TPSA) is 17.1 Å². The van der Waals surface area contributed by atoms with Gasteiger partial charge < -0.3 is 0 Å². The molecule has 18 heavy (non-hydrogen) atoms. The number of hydrogen-bond acceptors (Lipinski definition) is 1. The van der Waals surface area contributed by atoms with Crippen LogP contribution in [0.25, 0.3) is 0 Å². The van der Waals surface area contributed by atoms with Crippen molar-refractivity contribution in [1.29, 1.82) is 0 Å². The molecule has 2 aromatic carbocycles. The van der Waals surface area contributed by atoms with Crippen molar-refractivity contribution in [2.75, 3.05) is 0 Å². The first-order valence-electron chi connectivity index (χ1n) is 4.94. The van der Waals surface area contributed by atoms with Crippen molar-refractivity contribution in [3.8, 4) is 0 Å². The van der Waals surface area contributed by atoms with Crippen LogP contribution in [-0.4, -0.2) is 5.78 Å². The van der Waals surface area contributed by atoms with Gasteiger partial charge in [-0.2, -0.15) is 0 Å². The van der Waals surface area contributed by atoms with Gasteiger partial charge in [-0.1, -0.05) is 29.3 Å². The third kappa shape index (κ3) is 2.37. The first-order chi connectivity index (χ1) is 8.50. The molecule has 2 aromatic rings. The third-order valence-corrected chi connectivity index (χ3v) is 2.99. The van der Waals surface area contributed by atoms with Crippen molar-refractivity contribution >= 4 is 29.0 Å². The first-order valence-corrected chi connectivity index (χ1v) is 5.70. The van der Waals surface area contributed by atoms with Crippen LogP contribution in [0.4, 0.5) is 8.78 Å². The Labute approximate surface area is 112 Å². The summed E-state index contributed by atoms with van der Waals surface area (Å²) in [5.41, 5.74) is -0.287. The van der Waals surface area contributed by atoms with Crippen LogP contribution in [-0.2, 0) is 0 Å². The van der Waals surface area contributed by atoms with E-state index in [0.717, 1.165) is 12.1 Å². The maximum absolute atomic E-state index is 13.6. The van der Waals surface area contributed by atoms with Gasteiger partial charge in [0.25, 0.3) is 0 Å². The number of hydrogen-bond donors (Lipinski definition) is 0. The van der Waals surface area contributed by atoms with E-state index in [1.54, 1.807) is 0 Å². The molecule has 0 saturated heterocycles. The van der Waals surface area contributed by atoms with E-state index in [0.29, 0.717) is 0 Å². The fourth-order valence-corrected chi connectivity index (χ4v) is 1.87. The van der Waals surface area contributed by atoms with Crippen molar-refractivity contribution < 1.29 is 13.6 Å². The lowest BCUT2D eigenvalue weighted by Gasteiger charge is -2.05. The van der Waals surface area contributed by atoms with E-state index in [1.165, 1.54) is 24.3 Å². The molecule has 0 atom stereocenters. The molecule has 0 spiro atoms. The van der Waals surface area contributed by atoms with Gasteiger partial charge in [0.05, 0.1) is 10.6 Å². The molecular weight excluding hydrogens is 281 g/mol. The summed E-state index contributed by atoms with van der Waals surface area (Å²) in [5.74, 6) is -2.18. The molecular formula is C13H6Cl2F2O. The smallest absolute Gasteiger partial charge is 0.197 e. The number of halogens is 4. The Hall–Kier alpha value is -1.45. The van der Waals surface area contributed by atoms with E-state index in [4.69, 9.17) is 23.2 Å². The van der Waals surface area contributed by atoms with Gasteiger partial charge in [0.2, 0.25) is 0 Å². The first kappa shape index (κ1) is 13.0. The molecule has 0 fully saturated rings. The van der Waals surface area contributed by atoms with Gasteiger partial charge in [0, 0.05) is 10.6 Å². The molecule has 0 amide bonds. The number of benzene rings is 2. The predicted molar refractivity (Wildman–Crippen MR) is 66.3 cm³/mol. The van der Waals surface area contributed by atoms with E-state index in [-0.39, 0.29) is 21.2 Å². The second-order valence-corrected chi connectivity index (χ2v) is 4.37. The highest BCUT2D eigenvalue weighted by molar-refractivity contribution is 6.35. The summed E-state index contributed by atoms with van der Waals surface area (Å²) in [7, 11) is 0. The van der Waals surface area contributed by atoms with Crippen LogP contribution in [0.5, 0.6) is 0 Å². The molecule has 0 aromatic heterocycles. The fraction of sp³-hybridized carbons (Fsp3) is 0. The van der Waals surface area contributed by atoms with Crippen LogP contribution in [0.3, 0.4) is 0 Å². The second kappa shape index (κ2) is 5.04. The summed E-state index contributed by atoms with van der Waals surface area (Å²) >= 11 is 11.3. The monoisotopic (exact) mass is 286 g/mol. The Morgan fingerprint density at radius 2 is 1.67 bits per heavy atom. The highest BCUT2D eigenvalue weighted by Crippen LogP contribution is 2.24. The van der Waals surface area contributed by atoms with E-state index in [2.05, 4.69) is 0 Å². The van der Waals surface area contributed by atoms with E-state index in [9.17, 15) is 13.6 Å². The maximum Gasteiger partial charge on any atom is 0.197 e. The van der Waals surface area contributed by atoms with Crippen molar-refractivity contribution in [3.05, 3.63) is 69.2 Å². The average Bonchev–Trinajstić information content (AvgIpc) is 2.32. The highest BCUT2D eigenvalue weighted by atomic mass is 35.5. The maximum atomic E-state index is 13.6. The van der Waals surface area contributed by atoms with Gasteiger partial charge in [-0.3, -0.25) is 4.79 Å².